The molecule has 0 aliphatic rings. The molecule has 0 aliphatic carbocycles. The minimum absolute atomic E-state index is 0.142. The van der Waals surface area contributed by atoms with Gasteiger partial charge in [0.2, 0.25) is 11.8 Å². The molecular formula is C13H13FN4O3. The fourth-order valence-corrected chi connectivity index (χ4v) is 1.58. The monoisotopic (exact) mass is 292 g/mol. The number of ether oxygens (including phenoxy) is 1. The molecule has 1 aromatic carbocycles. The zero-order valence-electron chi connectivity index (χ0n) is 11.5. The van der Waals surface area contributed by atoms with E-state index in [9.17, 15) is 14.5 Å². The minimum Gasteiger partial charge on any atom is -0.436 e. The summed E-state index contributed by atoms with van der Waals surface area (Å²) in [5.74, 6) is -0.645. The topological polar surface area (TPSA) is 90.2 Å². The van der Waals surface area contributed by atoms with Crippen molar-refractivity contribution in [2.45, 2.75) is 13.8 Å². The van der Waals surface area contributed by atoms with Crippen molar-refractivity contribution in [2.75, 3.05) is 11.9 Å². The first-order chi connectivity index (χ1) is 10.0. The number of halogens is 1. The molecule has 0 atom stereocenters. The van der Waals surface area contributed by atoms with Gasteiger partial charge in [-0.1, -0.05) is 0 Å². The molecule has 2 rings (SSSR count). The van der Waals surface area contributed by atoms with Gasteiger partial charge in [-0.3, -0.25) is 10.1 Å². The molecule has 0 bridgehead atoms. The molecule has 1 heterocycles. The van der Waals surface area contributed by atoms with Gasteiger partial charge < -0.3 is 10.1 Å². The van der Waals surface area contributed by atoms with Gasteiger partial charge in [0.25, 0.3) is 11.6 Å². The Kier molecular flexibility index (Phi) is 4.27. The molecule has 1 aromatic heterocycles. The molecule has 0 saturated carbocycles. The van der Waals surface area contributed by atoms with Crippen molar-refractivity contribution in [3.8, 4) is 11.6 Å². The van der Waals surface area contributed by atoms with E-state index in [0.29, 0.717) is 12.1 Å². The molecule has 8 heteroatoms. The van der Waals surface area contributed by atoms with Crippen molar-refractivity contribution in [2.24, 2.45) is 0 Å². The van der Waals surface area contributed by atoms with Gasteiger partial charge in [-0.05, 0) is 25.5 Å². The number of hydrogen-bond donors (Lipinski definition) is 1. The lowest BCUT2D eigenvalue weighted by Crippen LogP contribution is -2.04. The van der Waals surface area contributed by atoms with Crippen LogP contribution in [-0.4, -0.2) is 21.4 Å². The largest absolute Gasteiger partial charge is 0.436 e. The summed E-state index contributed by atoms with van der Waals surface area (Å²) in [6.45, 7) is 4.11. The Morgan fingerprint density at radius 3 is 2.90 bits per heavy atom. The molecule has 2 aromatic rings. The smallest absolute Gasteiger partial charge is 0.273 e. The van der Waals surface area contributed by atoms with E-state index in [1.165, 1.54) is 18.2 Å². The number of nitrogens with one attached hydrogen (secondary N) is 1. The summed E-state index contributed by atoms with van der Waals surface area (Å²) >= 11 is 0. The number of nitrogens with zero attached hydrogens (tertiary/aromatic N) is 3. The Hall–Kier alpha value is -2.77. The standard InChI is InChI=1S/C13H13FN4O3/c1-3-15-13-16-7-10(14)12(17-13)21-11-6-9(18(19)20)5-4-8(11)2/h4-7H,3H2,1-2H3,(H,15,16,17). The summed E-state index contributed by atoms with van der Waals surface area (Å²) in [6, 6.07) is 4.10. The highest BCUT2D eigenvalue weighted by Crippen LogP contribution is 2.29. The highest BCUT2D eigenvalue weighted by molar-refractivity contribution is 5.45. The number of rotatable bonds is 5. The van der Waals surface area contributed by atoms with Crippen LogP contribution >= 0.6 is 0 Å². The van der Waals surface area contributed by atoms with E-state index in [2.05, 4.69) is 15.3 Å². The Bertz CT molecular complexity index is 678. The second-order valence-electron chi connectivity index (χ2n) is 4.19. The second-order valence-corrected chi connectivity index (χ2v) is 4.19. The average Bonchev–Trinajstić information content (AvgIpc) is 2.45. The summed E-state index contributed by atoms with van der Waals surface area (Å²) in [5, 5.41) is 13.6. The molecule has 0 fully saturated rings. The molecule has 0 amide bonds. The molecule has 0 unspecified atom stereocenters. The molecule has 7 nitrogen and oxygen atoms in total. The summed E-state index contributed by atoms with van der Waals surface area (Å²) in [7, 11) is 0. The molecular weight excluding hydrogens is 279 g/mol. The zero-order valence-corrected chi connectivity index (χ0v) is 11.5. The van der Waals surface area contributed by atoms with Crippen LogP contribution in [0.3, 0.4) is 0 Å². The highest BCUT2D eigenvalue weighted by atomic mass is 19.1. The van der Waals surface area contributed by atoms with E-state index >= 15 is 0 Å². The molecule has 0 aliphatic heterocycles. The number of hydrogen-bond acceptors (Lipinski definition) is 6. The van der Waals surface area contributed by atoms with Crippen LogP contribution in [0, 0.1) is 22.9 Å². The SMILES string of the molecule is CCNc1ncc(F)c(Oc2cc([N+](=O)[O-])ccc2C)n1. The van der Waals surface area contributed by atoms with E-state index in [1.54, 1.807) is 6.92 Å². The maximum absolute atomic E-state index is 13.7. The highest BCUT2D eigenvalue weighted by Gasteiger charge is 2.14. The third kappa shape index (κ3) is 3.41. The fourth-order valence-electron chi connectivity index (χ4n) is 1.58. The normalized spacial score (nSPS) is 10.2. The van der Waals surface area contributed by atoms with Gasteiger partial charge in [0.05, 0.1) is 17.2 Å². The molecule has 21 heavy (non-hydrogen) atoms. The van der Waals surface area contributed by atoms with Crippen LogP contribution in [0.4, 0.5) is 16.0 Å². The lowest BCUT2D eigenvalue weighted by Gasteiger charge is -2.09. The third-order valence-electron chi connectivity index (χ3n) is 2.64. The fraction of sp³-hybridized carbons (Fsp3) is 0.231. The van der Waals surface area contributed by atoms with E-state index in [-0.39, 0.29) is 23.3 Å². The minimum atomic E-state index is -0.748. The Morgan fingerprint density at radius 2 is 2.24 bits per heavy atom. The van der Waals surface area contributed by atoms with Crippen LogP contribution in [0.5, 0.6) is 11.6 Å². The maximum atomic E-state index is 13.7. The van der Waals surface area contributed by atoms with Gasteiger partial charge in [-0.2, -0.15) is 9.37 Å². The Labute approximate surface area is 120 Å². The number of aryl methyl sites for hydroxylation is 1. The van der Waals surface area contributed by atoms with Gasteiger partial charge in [-0.15, -0.1) is 0 Å². The van der Waals surface area contributed by atoms with E-state index in [1.807, 2.05) is 6.92 Å². The number of aromatic nitrogens is 2. The van der Waals surface area contributed by atoms with E-state index < -0.39 is 10.7 Å². The van der Waals surface area contributed by atoms with Gasteiger partial charge in [0.15, 0.2) is 0 Å². The zero-order chi connectivity index (χ0) is 15.4. The molecule has 110 valence electrons. The number of anilines is 1. The Balaban J connectivity index is 2.35. The molecule has 0 radical (unpaired) electrons. The van der Waals surface area contributed by atoms with E-state index in [4.69, 9.17) is 4.74 Å². The molecule has 0 saturated heterocycles. The van der Waals surface area contributed by atoms with Crippen molar-refractivity contribution < 1.29 is 14.1 Å². The van der Waals surface area contributed by atoms with Crippen molar-refractivity contribution in [1.29, 1.82) is 0 Å². The Morgan fingerprint density at radius 1 is 1.48 bits per heavy atom. The quantitative estimate of drug-likeness (QED) is 0.672. The van der Waals surface area contributed by atoms with Gasteiger partial charge in [-0.25, -0.2) is 4.98 Å². The lowest BCUT2D eigenvalue weighted by atomic mass is 10.2. The predicted molar refractivity (Wildman–Crippen MR) is 74.1 cm³/mol. The first-order valence-electron chi connectivity index (χ1n) is 6.20. The number of nitro benzene ring substituents is 1. The predicted octanol–water partition coefficient (Wildman–Crippen LogP) is 3.06. The third-order valence-corrected chi connectivity index (χ3v) is 2.64. The lowest BCUT2D eigenvalue weighted by molar-refractivity contribution is -0.384. The van der Waals surface area contributed by atoms with Crippen molar-refractivity contribution >= 4 is 11.6 Å². The molecule has 0 spiro atoms. The van der Waals surface area contributed by atoms with Gasteiger partial charge in [0, 0.05) is 12.6 Å². The first-order valence-corrected chi connectivity index (χ1v) is 6.20. The van der Waals surface area contributed by atoms with Gasteiger partial charge >= 0.3 is 0 Å². The first kappa shape index (κ1) is 14.6. The van der Waals surface area contributed by atoms with Crippen LogP contribution in [-0.2, 0) is 0 Å². The van der Waals surface area contributed by atoms with Crippen molar-refractivity contribution in [3.63, 3.8) is 0 Å². The summed E-state index contributed by atoms with van der Waals surface area (Å²) in [6.07, 6.45) is 0.979. The number of nitro groups is 1. The summed E-state index contributed by atoms with van der Waals surface area (Å²) in [5.41, 5.74) is 0.487. The van der Waals surface area contributed by atoms with Crippen LogP contribution in [0.1, 0.15) is 12.5 Å². The average molecular weight is 292 g/mol. The van der Waals surface area contributed by atoms with Crippen LogP contribution < -0.4 is 10.1 Å². The molecule has 1 N–H and O–H groups in total. The van der Waals surface area contributed by atoms with Crippen LogP contribution in [0.2, 0.25) is 0 Å². The van der Waals surface area contributed by atoms with Crippen LogP contribution in [0.15, 0.2) is 24.4 Å². The second kappa shape index (κ2) is 6.12. The van der Waals surface area contributed by atoms with E-state index in [0.717, 1.165) is 6.20 Å². The number of non-ortho nitro benzene ring substituents is 1. The maximum Gasteiger partial charge on any atom is 0.273 e. The van der Waals surface area contributed by atoms with Crippen LogP contribution in [0.25, 0.3) is 0 Å². The summed E-state index contributed by atoms with van der Waals surface area (Å²) < 4.78 is 19.0. The van der Waals surface area contributed by atoms with Crippen molar-refractivity contribution in [1.82, 2.24) is 9.97 Å². The summed E-state index contributed by atoms with van der Waals surface area (Å²) in [4.78, 5) is 17.9. The number of benzene rings is 1. The van der Waals surface area contributed by atoms with Gasteiger partial charge in [0.1, 0.15) is 5.75 Å². The van der Waals surface area contributed by atoms with Crippen molar-refractivity contribution in [3.05, 3.63) is 45.9 Å².